The summed E-state index contributed by atoms with van der Waals surface area (Å²) in [6, 6.07) is 0.933. The third kappa shape index (κ3) is 4.66. The Morgan fingerprint density at radius 1 is 1.53 bits per heavy atom. The molecule has 1 aliphatic rings. The zero-order valence-electron chi connectivity index (χ0n) is 9.40. The first kappa shape index (κ1) is 12.5. The molecule has 2 radical (unpaired) electrons. The van der Waals surface area contributed by atoms with Crippen LogP contribution < -0.4 is 0 Å². The van der Waals surface area contributed by atoms with Crippen LogP contribution in [0.25, 0.3) is 0 Å². The number of hydrogen-bond donors (Lipinski definition) is 1. The number of aliphatic hydroxyl groups is 1. The van der Waals surface area contributed by atoms with Crippen molar-refractivity contribution >= 4 is 15.9 Å². The molecule has 1 N–H and O–H groups in total. The van der Waals surface area contributed by atoms with Crippen molar-refractivity contribution in [1.29, 1.82) is 0 Å². The van der Waals surface area contributed by atoms with Gasteiger partial charge in [-0.3, -0.25) is 0 Å². The van der Waals surface area contributed by atoms with E-state index in [0.29, 0.717) is 31.8 Å². The van der Waals surface area contributed by atoms with Crippen molar-refractivity contribution in [2.45, 2.75) is 38.8 Å². The van der Waals surface area contributed by atoms with Crippen LogP contribution in [0.1, 0.15) is 26.7 Å². The Hall–Kier alpha value is -0.553. The fourth-order valence-electron chi connectivity index (χ4n) is 1.38. The minimum atomic E-state index is -0.243. The van der Waals surface area contributed by atoms with Gasteiger partial charge < -0.3 is 14.4 Å². The normalized spacial score (nSPS) is 18.3. The standard InChI is InChI=1S/C10H19NO3Si/c1-8(2)7-15-14-10(13)11-5-3-9(12)4-6-11/h8-9,12H,3-7H2,1-2H3. The lowest BCUT2D eigenvalue weighted by Crippen LogP contribution is -2.40. The molecule has 1 amide bonds. The Kier molecular flexibility index (Phi) is 5.11. The minimum absolute atomic E-state index is 0.221. The third-order valence-electron chi connectivity index (χ3n) is 2.37. The highest BCUT2D eigenvalue weighted by Gasteiger charge is 2.22. The van der Waals surface area contributed by atoms with Crippen molar-refractivity contribution in [3.63, 3.8) is 0 Å². The van der Waals surface area contributed by atoms with Crippen molar-refractivity contribution in [3.05, 3.63) is 0 Å². The molecule has 15 heavy (non-hydrogen) atoms. The number of aliphatic hydroxyl groups excluding tert-OH is 1. The second-order valence-corrected chi connectivity index (χ2v) is 5.23. The number of likely N-dealkylation sites (tertiary alicyclic amines) is 1. The Labute approximate surface area is 93.5 Å². The molecule has 0 spiro atoms. The average Bonchev–Trinajstić information content (AvgIpc) is 2.18. The molecule has 0 saturated carbocycles. The quantitative estimate of drug-likeness (QED) is 0.742. The molecule has 0 aromatic rings. The molecule has 1 heterocycles. The van der Waals surface area contributed by atoms with Gasteiger partial charge in [0, 0.05) is 13.1 Å². The van der Waals surface area contributed by atoms with E-state index in [2.05, 4.69) is 13.8 Å². The molecule has 1 fully saturated rings. The summed E-state index contributed by atoms with van der Waals surface area (Å²) in [7, 11) is 0.257. The average molecular weight is 229 g/mol. The van der Waals surface area contributed by atoms with Crippen LogP contribution in [-0.2, 0) is 4.43 Å². The number of carbonyl (C=O) groups is 1. The highest BCUT2D eigenvalue weighted by molar-refractivity contribution is 6.30. The van der Waals surface area contributed by atoms with E-state index in [-0.39, 0.29) is 22.0 Å². The van der Waals surface area contributed by atoms with Crippen LogP contribution >= 0.6 is 0 Å². The Morgan fingerprint density at radius 2 is 2.13 bits per heavy atom. The van der Waals surface area contributed by atoms with Crippen LogP contribution in [0.5, 0.6) is 0 Å². The largest absolute Gasteiger partial charge is 0.501 e. The van der Waals surface area contributed by atoms with Gasteiger partial charge in [-0.2, -0.15) is 0 Å². The number of amides is 1. The minimum Gasteiger partial charge on any atom is -0.501 e. The monoisotopic (exact) mass is 229 g/mol. The van der Waals surface area contributed by atoms with E-state index in [1.54, 1.807) is 4.90 Å². The molecule has 0 bridgehead atoms. The lowest BCUT2D eigenvalue weighted by molar-refractivity contribution is 0.0802. The number of piperidine rings is 1. The van der Waals surface area contributed by atoms with Gasteiger partial charge in [-0.25, -0.2) is 4.79 Å². The topological polar surface area (TPSA) is 49.8 Å². The van der Waals surface area contributed by atoms with Crippen molar-refractivity contribution in [1.82, 2.24) is 4.90 Å². The summed E-state index contributed by atoms with van der Waals surface area (Å²) in [5, 5.41) is 9.28. The molecule has 4 nitrogen and oxygen atoms in total. The Balaban J connectivity index is 2.17. The maximum Gasteiger partial charge on any atom is 0.396 e. The molecule has 0 aromatic heterocycles. The number of carbonyl (C=O) groups excluding carboxylic acids is 1. The summed E-state index contributed by atoms with van der Waals surface area (Å²) in [5.41, 5.74) is 0. The van der Waals surface area contributed by atoms with E-state index in [1.165, 1.54) is 0 Å². The van der Waals surface area contributed by atoms with Crippen molar-refractivity contribution < 1.29 is 14.3 Å². The zero-order valence-corrected chi connectivity index (χ0v) is 10.4. The van der Waals surface area contributed by atoms with E-state index in [9.17, 15) is 9.90 Å². The Morgan fingerprint density at radius 3 is 2.67 bits per heavy atom. The molecule has 0 aromatic carbocycles. The molecule has 86 valence electrons. The van der Waals surface area contributed by atoms with E-state index in [1.807, 2.05) is 0 Å². The summed E-state index contributed by atoms with van der Waals surface area (Å²) < 4.78 is 5.16. The second-order valence-electron chi connectivity index (χ2n) is 4.33. The van der Waals surface area contributed by atoms with Crippen LogP contribution in [-0.4, -0.2) is 45.1 Å². The van der Waals surface area contributed by atoms with Gasteiger partial charge in [0.1, 0.15) is 0 Å². The molecule has 5 heteroatoms. The molecule has 1 rings (SSSR count). The summed E-state index contributed by atoms with van der Waals surface area (Å²) in [4.78, 5) is 13.2. The number of rotatable bonds is 3. The van der Waals surface area contributed by atoms with Gasteiger partial charge in [-0.1, -0.05) is 13.8 Å². The van der Waals surface area contributed by atoms with Crippen molar-refractivity contribution in [3.8, 4) is 0 Å². The van der Waals surface area contributed by atoms with Crippen LogP contribution in [0, 0.1) is 5.92 Å². The van der Waals surface area contributed by atoms with Gasteiger partial charge in [-0.15, -0.1) is 0 Å². The van der Waals surface area contributed by atoms with Crippen LogP contribution in [0.3, 0.4) is 0 Å². The van der Waals surface area contributed by atoms with Gasteiger partial charge in [0.25, 0.3) is 0 Å². The molecule has 0 aliphatic carbocycles. The second kappa shape index (κ2) is 6.12. The van der Waals surface area contributed by atoms with Gasteiger partial charge in [0.05, 0.1) is 6.10 Å². The van der Waals surface area contributed by atoms with Crippen molar-refractivity contribution in [2.24, 2.45) is 5.92 Å². The third-order valence-corrected chi connectivity index (χ3v) is 3.68. The first-order chi connectivity index (χ1) is 7.09. The lowest BCUT2D eigenvalue weighted by Gasteiger charge is -2.28. The fourth-order valence-corrected chi connectivity index (χ4v) is 2.05. The summed E-state index contributed by atoms with van der Waals surface area (Å²) in [6.07, 6.45) is 0.873. The smallest absolute Gasteiger partial charge is 0.396 e. The van der Waals surface area contributed by atoms with Gasteiger partial charge in [0.2, 0.25) is 0 Å². The van der Waals surface area contributed by atoms with E-state index in [4.69, 9.17) is 4.43 Å². The summed E-state index contributed by atoms with van der Waals surface area (Å²) in [6.45, 7) is 5.45. The molecule has 1 saturated heterocycles. The molecule has 1 aliphatic heterocycles. The first-order valence-corrected chi connectivity index (χ1v) is 6.57. The number of hydrogen-bond acceptors (Lipinski definition) is 3. The van der Waals surface area contributed by atoms with Crippen molar-refractivity contribution in [2.75, 3.05) is 13.1 Å². The summed E-state index contributed by atoms with van der Waals surface area (Å²) in [5.74, 6) is 0.569. The predicted molar refractivity (Wildman–Crippen MR) is 58.7 cm³/mol. The SMILES string of the molecule is CC(C)C[Si]OC(=O)N1CCC(O)CC1. The van der Waals surface area contributed by atoms with Crippen LogP contribution in [0.4, 0.5) is 4.79 Å². The van der Waals surface area contributed by atoms with Gasteiger partial charge in [0.15, 0.2) is 0 Å². The lowest BCUT2D eigenvalue weighted by atomic mass is 10.1. The van der Waals surface area contributed by atoms with Gasteiger partial charge >= 0.3 is 15.9 Å². The van der Waals surface area contributed by atoms with E-state index in [0.717, 1.165) is 6.04 Å². The fraction of sp³-hybridized carbons (Fsp3) is 0.900. The highest BCUT2D eigenvalue weighted by Crippen LogP contribution is 2.11. The molecule has 0 atom stereocenters. The zero-order chi connectivity index (χ0) is 11.3. The Bertz CT molecular complexity index is 203. The maximum absolute atomic E-state index is 11.5. The van der Waals surface area contributed by atoms with Crippen LogP contribution in [0.2, 0.25) is 6.04 Å². The highest BCUT2D eigenvalue weighted by atomic mass is 28.2. The maximum atomic E-state index is 11.5. The van der Waals surface area contributed by atoms with E-state index < -0.39 is 0 Å². The van der Waals surface area contributed by atoms with Gasteiger partial charge in [-0.05, 0) is 24.8 Å². The molecule has 0 unspecified atom stereocenters. The van der Waals surface area contributed by atoms with Crippen LogP contribution in [0.15, 0.2) is 0 Å². The first-order valence-electron chi connectivity index (χ1n) is 5.46. The molecular formula is C10H19NO3Si. The predicted octanol–water partition coefficient (Wildman–Crippen LogP) is 1.27. The number of nitrogens with zero attached hydrogens (tertiary/aromatic N) is 1. The molecular weight excluding hydrogens is 210 g/mol. The summed E-state index contributed by atoms with van der Waals surface area (Å²) >= 11 is 0. The van der Waals surface area contributed by atoms with E-state index >= 15 is 0 Å².